The second-order valence-corrected chi connectivity index (χ2v) is 8.12. The molecule has 34 heavy (non-hydrogen) atoms. The summed E-state index contributed by atoms with van der Waals surface area (Å²) in [4.78, 5) is 12.7. The van der Waals surface area contributed by atoms with Gasteiger partial charge in [-0.05, 0) is 42.5 Å². The fourth-order valence-corrected chi connectivity index (χ4v) is 4.21. The maximum Gasteiger partial charge on any atom is 0.573 e. The number of alkyl halides is 6. The van der Waals surface area contributed by atoms with E-state index in [1.54, 1.807) is 0 Å². The molecule has 0 bridgehead atoms. The van der Waals surface area contributed by atoms with Crippen LogP contribution in [0.5, 0.6) is 17.2 Å². The van der Waals surface area contributed by atoms with Gasteiger partial charge >= 0.3 is 12.5 Å². The SMILES string of the molecule is O=C(Nc1cc(O)c(C2CCCC2)cc1C(F)(F)F)[C@@H]1CNc2cc(OC(F)(F)F)ccc2O1.[HH]. The molecule has 4 rings (SSSR count). The number of benzene rings is 2. The number of ether oxygens (including phenoxy) is 2. The van der Waals surface area contributed by atoms with Crippen LogP contribution in [0.1, 0.15) is 44.2 Å². The molecular weight excluding hydrogens is 470 g/mol. The van der Waals surface area contributed by atoms with E-state index in [1.165, 1.54) is 0 Å². The first-order chi connectivity index (χ1) is 15.9. The average molecular weight is 492 g/mol. The van der Waals surface area contributed by atoms with Crippen LogP contribution >= 0.6 is 0 Å². The quantitative estimate of drug-likeness (QED) is 0.455. The van der Waals surface area contributed by atoms with Gasteiger partial charge in [-0.15, -0.1) is 13.2 Å². The van der Waals surface area contributed by atoms with Crippen molar-refractivity contribution in [1.29, 1.82) is 0 Å². The second kappa shape index (κ2) is 8.80. The summed E-state index contributed by atoms with van der Waals surface area (Å²) in [5, 5.41) is 15.2. The lowest BCUT2D eigenvalue weighted by Gasteiger charge is -2.27. The van der Waals surface area contributed by atoms with Crippen LogP contribution < -0.4 is 20.1 Å². The van der Waals surface area contributed by atoms with E-state index < -0.39 is 41.6 Å². The predicted octanol–water partition coefficient (Wildman–Crippen LogP) is 6.02. The number of hydrogen-bond donors (Lipinski definition) is 3. The number of anilines is 2. The third-order valence-electron chi connectivity index (χ3n) is 5.75. The number of phenolic OH excluding ortho intramolecular Hbond substituents is 1. The first kappa shape index (κ1) is 23.8. The Hall–Kier alpha value is -3.31. The van der Waals surface area contributed by atoms with Gasteiger partial charge in [0.05, 0.1) is 23.5 Å². The zero-order chi connectivity index (χ0) is 24.7. The Morgan fingerprint density at radius 3 is 2.47 bits per heavy atom. The molecule has 2 aromatic carbocycles. The van der Waals surface area contributed by atoms with Crippen molar-refractivity contribution in [2.24, 2.45) is 0 Å². The molecule has 0 radical (unpaired) electrons. The molecule has 186 valence electrons. The number of halogens is 6. The zero-order valence-electron chi connectivity index (χ0n) is 17.5. The number of hydrogen-bond acceptors (Lipinski definition) is 5. The van der Waals surface area contributed by atoms with Gasteiger partial charge in [0.25, 0.3) is 5.91 Å². The third-order valence-corrected chi connectivity index (χ3v) is 5.75. The van der Waals surface area contributed by atoms with Crippen molar-refractivity contribution in [2.45, 2.75) is 50.2 Å². The molecule has 2 aliphatic rings. The Kier molecular flexibility index (Phi) is 6.17. The number of phenols is 1. The van der Waals surface area contributed by atoms with Gasteiger partial charge in [-0.3, -0.25) is 4.79 Å². The maximum atomic E-state index is 13.7. The summed E-state index contributed by atoms with van der Waals surface area (Å²) in [5.74, 6) is -1.92. The maximum absolute atomic E-state index is 13.7. The van der Waals surface area contributed by atoms with E-state index in [0.29, 0.717) is 12.8 Å². The molecule has 1 heterocycles. The summed E-state index contributed by atoms with van der Waals surface area (Å²) in [6.45, 7) is -0.220. The minimum atomic E-state index is -4.89. The van der Waals surface area contributed by atoms with Gasteiger partial charge in [-0.25, -0.2) is 0 Å². The van der Waals surface area contributed by atoms with Gasteiger partial charge in [0, 0.05) is 13.6 Å². The number of nitrogens with one attached hydrogen (secondary N) is 2. The molecule has 6 nitrogen and oxygen atoms in total. The van der Waals surface area contributed by atoms with Crippen LogP contribution in [-0.4, -0.2) is 30.0 Å². The predicted molar refractivity (Wildman–Crippen MR) is 111 cm³/mol. The van der Waals surface area contributed by atoms with Gasteiger partial charge in [0.2, 0.25) is 0 Å². The van der Waals surface area contributed by atoms with Crippen LogP contribution in [-0.2, 0) is 11.0 Å². The van der Waals surface area contributed by atoms with Crippen LogP contribution in [0.25, 0.3) is 0 Å². The van der Waals surface area contributed by atoms with Gasteiger partial charge in [-0.1, -0.05) is 12.8 Å². The average Bonchev–Trinajstić information content (AvgIpc) is 3.26. The van der Waals surface area contributed by atoms with E-state index in [1.807, 2.05) is 0 Å². The fourth-order valence-electron chi connectivity index (χ4n) is 4.21. The van der Waals surface area contributed by atoms with Crippen LogP contribution in [0.3, 0.4) is 0 Å². The number of fused-ring (bicyclic) bond motifs is 1. The van der Waals surface area contributed by atoms with Crippen LogP contribution in [0.15, 0.2) is 30.3 Å². The Balaban J connectivity index is 0.00000342. The molecule has 12 heteroatoms. The summed E-state index contributed by atoms with van der Waals surface area (Å²) >= 11 is 0. The Bertz CT molecular complexity index is 1090. The molecule has 1 saturated carbocycles. The smallest absolute Gasteiger partial charge is 0.508 e. The van der Waals surface area contributed by atoms with Crippen LogP contribution in [0.4, 0.5) is 37.7 Å². The van der Waals surface area contributed by atoms with Crippen molar-refractivity contribution in [3.63, 3.8) is 0 Å². The molecule has 2 aromatic rings. The summed E-state index contributed by atoms with van der Waals surface area (Å²) < 4.78 is 87.6. The zero-order valence-corrected chi connectivity index (χ0v) is 17.5. The highest BCUT2D eigenvalue weighted by molar-refractivity contribution is 5.96. The highest BCUT2D eigenvalue weighted by Crippen LogP contribution is 2.44. The van der Waals surface area contributed by atoms with Crippen molar-refractivity contribution in [3.05, 3.63) is 41.5 Å². The normalized spacial score (nSPS) is 18.6. The number of carbonyl (C=O) groups excluding carboxylic acids is 1. The molecule has 0 spiro atoms. The molecule has 1 aliphatic carbocycles. The molecule has 1 aliphatic heterocycles. The summed E-state index contributed by atoms with van der Waals surface area (Å²) in [6, 6.07) is 4.91. The van der Waals surface area contributed by atoms with Gasteiger partial charge in [-0.2, -0.15) is 13.2 Å². The number of amides is 1. The highest BCUT2D eigenvalue weighted by Gasteiger charge is 2.37. The highest BCUT2D eigenvalue weighted by atomic mass is 19.4. The lowest BCUT2D eigenvalue weighted by Crippen LogP contribution is -2.41. The van der Waals surface area contributed by atoms with Crippen LogP contribution in [0.2, 0.25) is 0 Å². The minimum Gasteiger partial charge on any atom is -0.508 e. The molecule has 0 aromatic heterocycles. The summed E-state index contributed by atoms with van der Waals surface area (Å²) in [6.07, 6.45) is -7.87. The second-order valence-electron chi connectivity index (χ2n) is 8.12. The van der Waals surface area contributed by atoms with E-state index in [-0.39, 0.29) is 36.6 Å². The minimum absolute atomic E-state index is 0. The van der Waals surface area contributed by atoms with Crippen molar-refractivity contribution in [2.75, 3.05) is 17.2 Å². The molecule has 1 atom stereocenters. The van der Waals surface area contributed by atoms with E-state index in [9.17, 15) is 36.2 Å². The van der Waals surface area contributed by atoms with Crippen molar-refractivity contribution in [1.82, 2.24) is 0 Å². The molecule has 1 amide bonds. The first-order valence-corrected chi connectivity index (χ1v) is 10.5. The van der Waals surface area contributed by atoms with E-state index in [0.717, 1.165) is 43.2 Å². The molecule has 1 fully saturated rings. The van der Waals surface area contributed by atoms with Gasteiger partial charge in [0.15, 0.2) is 6.10 Å². The van der Waals surface area contributed by atoms with Crippen molar-refractivity contribution in [3.8, 4) is 17.2 Å². The Labute approximate surface area is 191 Å². The fraction of sp³-hybridized carbons (Fsp3) is 0.409. The van der Waals surface area contributed by atoms with E-state index in [4.69, 9.17) is 4.74 Å². The Morgan fingerprint density at radius 1 is 1.12 bits per heavy atom. The number of aromatic hydroxyl groups is 1. The lowest BCUT2D eigenvalue weighted by molar-refractivity contribution is -0.274. The standard InChI is InChI=1S/C22H20F6N2O4.H2/c23-21(24,25)14-8-13(11-3-1-2-4-11)17(31)9-15(14)30-20(32)19-10-29-16-7-12(34-22(26,27)28)5-6-18(16)33-19;/h5-9,11,19,29,31H,1-4,10H2,(H,30,32);1H/t19-;/m0./s1. The molecule has 0 saturated heterocycles. The largest absolute Gasteiger partial charge is 0.573 e. The first-order valence-electron chi connectivity index (χ1n) is 10.5. The summed E-state index contributed by atoms with van der Waals surface area (Å²) in [5.41, 5.74) is -1.37. The molecule has 3 N–H and O–H groups in total. The van der Waals surface area contributed by atoms with E-state index in [2.05, 4.69) is 15.4 Å². The summed E-state index contributed by atoms with van der Waals surface area (Å²) in [7, 11) is 0. The molecular formula is C22H22F6N2O4. The molecule has 0 unspecified atom stereocenters. The third kappa shape index (κ3) is 5.26. The van der Waals surface area contributed by atoms with Crippen LogP contribution in [0, 0.1) is 0 Å². The lowest BCUT2D eigenvalue weighted by atomic mass is 9.94. The number of carbonyl (C=O) groups is 1. The topological polar surface area (TPSA) is 79.8 Å². The van der Waals surface area contributed by atoms with Crippen molar-refractivity contribution >= 4 is 17.3 Å². The van der Waals surface area contributed by atoms with Gasteiger partial charge < -0.3 is 25.2 Å². The van der Waals surface area contributed by atoms with E-state index >= 15 is 0 Å². The monoisotopic (exact) mass is 492 g/mol. The van der Waals surface area contributed by atoms with Crippen molar-refractivity contribution < 1.29 is 47.1 Å². The number of rotatable bonds is 4. The van der Waals surface area contributed by atoms with Gasteiger partial charge in [0.1, 0.15) is 17.2 Å². The Morgan fingerprint density at radius 2 is 1.82 bits per heavy atom.